The van der Waals surface area contributed by atoms with Crippen LogP contribution in [0.1, 0.15) is 44.1 Å². The van der Waals surface area contributed by atoms with Gasteiger partial charge in [0.05, 0.1) is 11.6 Å². The highest BCUT2D eigenvalue weighted by atomic mass is 19.1. The van der Waals surface area contributed by atoms with E-state index in [1.165, 1.54) is 6.07 Å². The number of rotatable bonds is 4. The summed E-state index contributed by atoms with van der Waals surface area (Å²) in [5, 5.41) is 7.88. The molecular formula is C20H25FN4O. The van der Waals surface area contributed by atoms with E-state index in [2.05, 4.69) is 10.3 Å². The molecule has 0 spiro atoms. The smallest absolute Gasteiger partial charge is 0.233 e. The number of nitrogens with zero attached hydrogens (tertiary/aromatic N) is 4. The average Bonchev–Trinajstić information content (AvgIpc) is 3.35. The molecule has 0 bridgehead atoms. The van der Waals surface area contributed by atoms with Crippen LogP contribution in [0.3, 0.4) is 0 Å². The maximum Gasteiger partial charge on any atom is 0.233 e. The first-order valence-electron chi connectivity index (χ1n) is 9.57. The fourth-order valence-electron chi connectivity index (χ4n) is 4.64. The summed E-state index contributed by atoms with van der Waals surface area (Å²) >= 11 is 0. The highest BCUT2D eigenvalue weighted by molar-refractivity contribution is 5.88. The van der Waals surface area contributed by atoms with Gasteiger partial charge in [-0.05, 0) is 37.7 Å². The average molecular weight is 356 g/mol. The van der Waals surface area contributed by atoms with Crippen LogP contribution in [0, 0.1) is 11.7 Å². The van der Waals surface area contributed by atoms with Crippen LogP contribution < -0.4 is 0 Å². The number of likely N-dealkylation sites (tertiary alicyclic amines) is 1. The number of piperidine rings is 1. The van der Waals surface area contributed by atoms with Gasteiger partial charge in [-0.2, -0.15) is 0 Å². The zero-order chi connectivity index (χ0) is 18.0. The summed E-state index contributed by atoms with van der Waals surface area (Å²) in [5.74, 6) is 0.386. The Morgan fingerprint density at radius 3 is 2.58 bits per heavy atom. The molecule has 0 atom stereocenters. The molecule has 0 unspecified atom stereocenters. The molecule has 5 nitrogen and oxygen atoms in total. The Hall–Kier alpha value is -2.24. The molecule has 26 heavy (non-hydrogen) atoms. The lowest BCUT2D eigenvalue weighted by Gasteiger charge is -2.39. The normalized spacial score (nSPS) is 20.4. The third-order valence-corrected chi connectivity index (χ3v) is 6.07. The highest BCUT2D eigenvalue weighted by Crippen LogP contribution is 2.44. The summed E-state index contributed by atoms with van der Waals surface area (Å²) < 4.78 is 16.4. The summed E-state index contributed by atoms with van der Waals surface area (Å²) in [6.45, 7) is 2.34. The Kier molecular flexibility index (Phi) is 4.74. The first kappa shape index (κ1) is 17.2. The molecule has 4 rings (SSSR count). The molecule has 2 heterocycles. The summed E-state index contributed by atoms with van der Waals surface area (Å²) in [4.78, 5) is 15.4. The predicted molar refractivity (Wildman–Crippen MR) is 95.9 cm³/mol. The molecule has 0 radical (unpaired) electrons. The molecule has 1 aromatic heterocycles. The number of amides is 1. The van der Waals surface area contributed by atoms with Gasteiger partial charge in [0.2, 0.25) is 5.91 Å². The zero-order valence-corrected chi connectivity index (χ0v) is 15.0. The van der Waals surface area contributed by atoms with Gasteiger partial charge in [-0.1, -0.05) is 36.3 Å². The van der Waals surface area contributed by atoms with E-state index in [1.54, 1.807) is 18.3 Å². The topological polar surface area (TPSA) is 51.0 Å². The summed E-state index contributed by atoms with van der Waals surface area (Å²) in [5.41, 5.74) is -0.0726. The zero-order valence-electron chi connectivity index (χ0n) is 15.0. The maximum absolute atomic E-state index is 14.5. The molecule has 1 aliphatic heterocycles. The van der Waals surface area contributed by atoms with E-state index in [0.29, 0.717) is 11.5 Å². The van der Waals surface area contributed by atoms with Crippen LogP contribution in [-0.4, -0.2) is 38.9 Å². The Balaban J connectivity index is 1.47. The van der Waals surface area contributed by atoms with E-state index in [1.807, 2.05) is 21.8 Å². The van der Waals surface area contributed by atoms with Crippen molar-refractivity contribution in [2.45, 2.75) is 50.5 Å². The van der Waals surface area contributed by atoms with Gasteiger partial charge >= 0.3 is 0 Å². The van der Waals surface area contributed by atoms with Crippen molar-refractivity contribution < 1.29 is 9.18 Å². The fraction of sp³-hybridized carbons (Fsp3) is 0.550. The Morgan fingerprint density at radius 1 is 1.19 bits per heavy atom. The third kappa shape index (κ3) is 3.13. The molecular weight excluding hydrogens is 331 g/mol. The van der Waals surface area contributed by atoms with Gasteiger partial charge in [0.25, 0.3) is 0 Å². The lowest BCUT2D eigenvalue weighted by atomic mass is 9.76. The predicted octanol–water partition coefficient (Wildman–Crippen LogP) is 3.17. The van der Waals surface area contributed by atoms with Crippen molar-refractivity contribution in [2.24, 2.45) is 5.92 Å². The number of halogens is 1. The van der Waals surface area contributed by atoms with Gasteiger partial charge in [0, 0.05) is 31.4 Å². The van der Waals surface area contributed by atoms with Crippen LogP contribution in [0.5, 0.6) is 0 Å². The molecule has 138 valence electrons. The van der Waals surface area contributed by atoms with Crippen LogP contribution in [0.25, 0.3) is 0 Å². The second-order valence-electron chi connectivity index (χ2n) is 7.63. The van der Waals surface area contributed by atoms with Crippen molar-refractivity contribution in [3.8, 4) is 0 Å². The second kappa shape index (κ2) is 7.17. The van der Waals surface area contributed by atoms with Crippen LogP contribution in [0.4, 0.5) is 4.39 Å². The van der Waals surface area contributed by atoms with E-state index in [9.17, 15) is 9.18 Å². The minimum absolute atomic E-state index is 0.124. The van der Waals surface area contributed by atoms with Gasteiger partial charge in [-0.25, -0.2) is 4.39 Å². The van der Waals surface area contributed by atoms with Crippen LogP contribution >= 0.6 is 0 Å². The molecule has 1 saturated carbocycles. The van der Waals surface area contributed by atoms with Crippen molar-refractivity contribution >= 4 is 5.91 Å². The van der Waals surface area contributed by atoms with Gasteiger partial charge in [0.1, 0.15) is 5.82 Å². The number of hydrogen-bond acceptors (Lipinski definition) is 3. The van der Waals surface area contributed by atoms with Crippen LogP contribution in [0.15, 0.2) is 36.7 Å². The number of aromatic nitrogens is 3. The molecule has 1 aliphatic carbocycles. The molecule has 2 aliphatic rings. The van der Waals surface area contributed by atoms with Crippen molar-refractivity contribution in [1.82, 2.24) is 19.9 Å². The van der Waals surface area contributed by atoms with Crippen molar-refractivity contribution in [3.63, 3.8) is 0 Å². The van der Waals surface area contributed by atoms with Crippen molar-refractivity contribution in [3.05, 3.63) is 48.0 Å². The van der Waals surface area contributed by atoms with Crippen LogP contribution in [0.2, 0.25) is 0 Å². The Labute approximate surface area is 153 Å². The first-order valence-corrected chi connectivity index (χ1v) is 9.57. The van der Waals surface area contributed by atoms with Crippen LogP contribution in [-0.2, 0) is 16.8 Å². The SMILES string of the molecule is O=C(N1CCC(Cn2ccnn2)CC1)C1(c2ccccc2F)CCCC1. The minimum atomic E-state index is -0.663. The van der Waals surface area contributed by atoms with Crippen molar-refractivity contribution in [2.75, 3.05) is 13.1 Å². The summed E-state index contributed by atoms with van der Waals surface area (Å²) in [6, 6.07) is 6.82. The Bertz CT molecular complexity index is 747. The number of hydrogen-bond donors (Lipinski definition) is 0. The molecule has 2 aromatic rings. The highest BCUT2D eigenvalue weighted by Gasteiger charge is 2.46. The lowest BCUT2D eigenvalue weighted by Crippen LogP contribution is -2.49. The Morgan fingerprint density at radius 2 is 1.92 bits per heavy atom. The lowest BCUT2D eigenvalue weighted by molar-refractivity contribution is -0.139. The molecule has 1 amide bonds. The standard InChI is InChI=1S/C20H25FN4O/c21-18-6-2-1-5-17(18)20(9-3-4-10-20)19(26)24-12-7-16(8-13-24)15-25-14-11-22-23-25/h1-2,5-6,11,14,16H,3-4,7-10,12-13,15H2. The monoisotopic (exact) mass is 356 g/mol. The minimum Gasteiger partial charge on any atom is -0.342 e. The molecule has 2 fully saturated rings. The molecule has 1 saturated heterocycles. The number of carbonyl (C=O) groups excluding carboxylic acids is 1. The fourth-order valence-corrected chi connectivity index (χ4v) is 4.64. The van der Waals surface area contributed by atoms with Gasteiger partial charge < -0.3 is 4.90 Å². The van der Waals surface area contributed by atoms with Gasteiger partial charge in [-0.3, -0.25) is 9.48 Å². The van der Waals surface area contributed by atoms with E-state index < -0.39 is 5.41 Å². The molecule has 1 aromatic carbocycles. The first-order chi connectivity index (χ1) is 12.7. The van der Waals surface area contributed by atoms with E-state index in [4.69, 9.17) is 0 Å². The van der Waals surface area contributed by atoms with Crippen molar-refractivity contribution in [1.29, 1.82) is 0 Å². The second-order valence-corrected chi connectivity index (χ2v) is 7.63. The maximum atomic E-state index is 14.5. The quantitative estimate of drug-likeness (QED) is 0.845. The number of carbonyl (C=O) groups is 1. The van der Waals surface area contributed by atoms with Gasteiger partial charge in [-0.15, -0.1) is 5.10 Å². The summed E-state index contributed by atoms with van der Waals surface area (Å²) in [7, 11) is 0. The third-order valence-electron chi connectivity index (χ3n) is 6.07. The largest absolute Gasteiger partial charge is 0.342 e. The van der Waals surface area contributed by atoms with Gasteiger partial charge in [0.15, 0.2) is 0 Å². The molecule has 6 heteroatoms. The molecule has 0 N–H and O–H groups in total. The van der Waals surface area contributed by atoms with E-state index >= 15 is 0 Å². The van der Waals surface area contributed by atoms with E-state index in [-0.39, 0.29) is 11.7 Å². The summed E-state index contributed by atoms with van der Waals surface area (Å²) in [6.07, 6.45) is 8.97. The number of benzene rings is 1. The van der Waals surface area contributed by atoms with E-state index in [0.717, 1.165) is 58.2 Å².